The van der Waals surface area contributed by atoms with E-state index in [2.05, 4.69) is 33.5 Å². The van der Waals surface area contributed by atoms with Crippen LogP contribution < -0.4 is 0 Å². The Bertz CT molecular complexity index is 564. The molecule has 4 heteroatoms. The van der Waals surface area contributed by atoms with Crippen molar-refractivity contribution in [3.05, 3.63) is 35.8 Å². The lowest BCUT2D eigenvalue weighted by atomic mass is 10.0. The van der Waals surface area contributed by atoms with Crippen molar-refractivity contribution in [2.45, 2.75) is 38.8 Å². The number of imidazole rings is 1. The van der Waals surface area contributed by atoms with E-state index >= 15 is 0 Å². The van der Waals surface area contributed by atoms with Gasteiger partial charge in [-0.2, -0.15) is 0 Å². The monoisotopic (exact) mass is 259 g/mol. The predicted molar refractivity (Wildman–Crippen MR) is 75.1 cm³/mol. The van der Waals surface area contributed by atoms with E-state index < -0.39 is 0 Å². The van der Waals surface area contributed by atoms with E-state index in [0.29, 0.717) is 6.04 Å². The van der Waals surface area contributed by atoms with Gasteiger partial charge in [0.05, 0.1) is 12.3 Å². The number of hydrogen-bond acceptors (Lipinski definition) is 3. The summed E-state index contributed by atoms with van der Waals surface area (Å²) < 4.78 is 2.13. The van der Waals surface area contributed by atoms with Gasteiger partial charge in [-0.3, -0.25) is 4.90 Å². The van der Waals surface area contributed by atoms with Gasteiger partial charge in [0.15, 0.2) is 0 Å². The Morgan fingerprint density at radius 2 is 2.26 bits per heavy atom. The van der Waals surface area contributed by atoms with Crippen LogP contribution >= 0.6 is 0 Å². The van der Waals surface area contributed by atoms with Gasteiger partial charge in [0.1, 0.15) is 5.65 Å². The van der Waals surface area contributed by atoms with Crippen molar-refractivity contribution < 1.29 is 5.11 Å². The van der Waals surface area contributed by atoms with Crippen LogP contribution in [0.15, 0.2) is 24.4 Å². The number of hydrogen-bond donors (Lipinski definition) is 1. The number of rotatable bonds is 3. The number of fused-ring (bicyclic) bond motifs is 1. The smallest absolute Gasteiger partial charge is 0.137 e. The third kappa shape index (κ3) is 2.51. The Morgan fingerprint density at radius 3 is 3.05 bits per heavy atom. The van der Waals surface area contributed by atoms with Crippen LogP contribution in [0.3, 0.4) is 0 Å². The lowest BCUT2D eigenvalue weighted by Crippen LogP contribution is -2.41. The lowest BCUT2D eigenvalue weighted by Gasteiger charge is -2.33. The van der Waals surface area contributed by atoms with Gasteiger partial charge in [-0.25, -0.2) is 4.98 Å². The highest BCUT2D eigenvalue weighted by Crippen LogP contribution is 2.19. The SMILES string of the molecule is Cc1cccc2nc(CN3CCCCC3CO)cn12. The number of likely N-dealkylation sites (tertiary alicyclic amines) is 1. The number of nitrogens with zero attached hydrogens (tertiary/aromatic N) is 3. The highest BCUT2D eigenvalue weighted by atomic mass is 16.3. The normalized spacial score (nSPS) is 21.1. The van der Waals surface area contributed by atoms with Gasteiger partial charge in [-0.15, -0.1) is 0 Å². The highest BCUT2D eigenvalue weighted by molar-refractivity contribution is 5.41. The number of aryl methyl sites for hydroxylation is 1. The van der Waals surface area contributed by atoms with E-state index in [0.717, 1.165) is 30.9 Å². The summed E-state index contributed by atoms with van der Waals surface area (Å²) in [4.78, 5) is 7.04. The highest BCUT2D eigenvalue weighted by Gasteiger charge is 2.22. The number of pyridine rings is 1. The molecule has 2 aromatic heterocycles. The third-order valence-corrected chi connectivity index (χ3v) is 4.07. The largest absolute Gasteiger partial charge is 0.395 e. The number of aromatic nitrogens is 2. The molecule has 0 bridgehead atoms. The molecule has 4 nitrogen and oxygen atoms in total. The first kappa shape index (κ1) is 12.6. The molecule has 1 fully saturated rings. The average molecular weight is 259 g/mol. The molecule has 1 unspecified atom stereocenters. The first-order valence-electron chi connectivity index (χ1n) is 7.06. The average Bonchev–Trinajstić information content (AvgIpc) is 2.83. The van der Waals surface area contributed by atoms with Crippen LogP contribution in [-0.4, -0.2) is 38.6 Å². The standard InChI is InChI=1S/C15H21N3O/c1-12-5-4-7-15-16-13(10-18(12)15)9-17-8-3-2-6-14(17)11-19/h4-5,7,10,14,19H,2-3,6,8-9,11H2,1H3. The molecule has 0 spiro atoms. The van der Waals surface area contributed by atoms with Crippen molar-refractivity contribution in [3.63, 3.8) is 0 Å². The van der Waals surface area contributed by atoms with E-state index in [1.807, 2.05) is 12.1 Å². The molecule has 1 atom stereocenters. The van der Waals surface area contributed by atoms with Crippen LogP contribution in [0.1, 0.15) is 30.7 Å². The van der Waals surface area contributed by atoms with E-state index in [-0.39, 0.29) is 6.61 Å². The maximum absolute atomic E-state index is 9.46. The summed E-state index contributed by atoms with van der Waals surface area (Å²) in [5, 5.41) is 9.46. The topological polar surface area (TPSA) is 40.8 Å². The van der Waals surface area contributed by atoms with Crippen LogP contribution in [0.2, 0.25) is 0 Å². The van der Waals surface area contributed by atoms with Crippen molar-refractivity contribution in [3.8, 4) is 0 Å². The molecule has 1 N–H and O–H groups in total. The fraction of sp³-hybridized carbons (Fsp3) is 0.533. The lowest BCUT2D eigenvalue weighted by molar-refractivity contribution is 0.0832. The Hall–Kier alpha value is -1.39. The Balaban J connectivity index is 1.82. The molecule has 1 aliphatic heterocycles. The van der Waals surface area contributed by atoms with Crippen LogP contribution in [0, 0.1) is 6.92 Å². The molecule has 0 saturated carbocycles. The molecule has 0 radical (unpaired) electrons. The van der Waals surface area contributed by atoms with Crippen LogP contribution in [0.4, 0.5) is 0 Å². The zero-order valence-corrected chi connectivity index (χ0v) is 11.4. The molecular weight excluding hydrogens is 238 g/mol. The summed E-state index contributed by atoms with van der Waals surface area (Å²) in [7, 11) is 0. The molecule has 0 aliphatic carbocycles. The first-order valence-corrected chi connectivity index (χ1v) is 7.06. The van der Waals surface area contributed by atoms with E-state index in [4.69, 9.17) is 0 Å². The summed E-state index contributed by atoms with van der Waals surface area (Å²) in [6, 6.07) is 6.48. The zero-order valence-electron chi connectivity index (χ0n) is 11.4. The van der Waals surface area contributed by atoms with Gasteiger partial charge in [0.25, 0.3) is 0 Å². The molecule has 3 heterocycles. The number of piperidine rings is 1. The van der Waals surface area contributed by atoms with E-state index in [1.165, 1.54) is 18.5 Å². The van der Waals surface area contributed by atoms with Crippen LogP contribution in [-0.2, 0) is 6.54 Å². The summed E-state index contributed by atoms with van der Waals surface area (Å²) in [5.74, 6) is 0. The Kier molecular flexibility index (Phi) is 3.53. The fourth-order valence-electron chi connectivity index (χ4n) is 2.96. The predicted octanol–water partition coefficient (Wildman–Crippen LogP) is 1.99. The fourth-order valence-corrected chi connectivity index (χ4v) is 2.96. The number of aliphatic hydroxyl groups is 1. The van der Waals surface area contributed by atoms with Crippen LogP contribution in [0.25, 0.3) is 5.65 Å². The molecular formula is C15H21N3O. The summed E-state index contributed by atoms with van der Waals surface area (Å²) in [6.45, 7) is 4.26. The van der Waals surface area contributed by atoms with Crippen molar-refractivity contribution in [2.75, 3.05) is 13.2 Å². The van der Waals surface area contributed by atoms with Gasteiger partial charge in [0.2, 0.25) is 0 Å². The molecule has 1 aliphatic rings. The van der Waals surface area contributed by atoms with E-state index in [1.54, 1.807) is 0 Å². The van der Waals surface area contributed by atoms with Crippen molar-refractivity contribution >= 4 is 5.65 Å². The Labute approximate surface area is 113 Å². The van der Waals surface area contributed by atoms with Gasteiger partial charge >= 0.3 is 0 Å². The summed E-state index contributed by atoms with van der Waals surface area (Å²) >= 11 is 0. The minimum Gasteiger partial charge on any atom is -0.395 e. The second kappa shape index (κ2) is 5.31. The third-order valence-electron chi connectivity index (χ3n) is 4.07. The first-order chi connectivity index (χ1) is 9.28. The van der Waals surface area contributed by atoms with Crippen molar-refractivity contribution in [2.24, 2.45) is 0 Å². The van der Waals surface area contributed by atoms with Gasteiger partial charge in [-0.05, 0) is 38.4 Å². The molecule has 3 rings (SSSR count). The second-order valence-electron chi connectivity index (χ2n) is 5.43. The maximum Gasteiger partial charge on any atom is 0.137 e. The molecule has 19 heavy (non-hydrogen) atoms. The van der Waals surface area contributed by atoms with Crippen molar-refractivity contribution in [1.82, 2.24) is 14.3 Å². The van der Waals surface area contributed by atoms with Crippen molar-refractivity contribution in [1.29, 1.82) is 0 Å². The van der Waals surface area contributed by atoms with E-state index in [9.17, 15) is 5.11 Å². The summed E-state index contributed by atoms with van der Waals surface area (Å²) in [6.07, 6.45) is 5.67. The minimum absolute atomic E-state index is 0.256. The van der Waals surface area contributed by atoms with Gasteiger partial charge in [-0.1, -0.05) is 12.5 Å². The quantitative estimate of drug-likeness (QED) is 0.916. The second-order valence-corrected chi connectivity index (χ2v) is 5.43. The zero-order chi connectivity index (χ0) is 13.2. The summed E-state index contributed by atoms with van der Waals surface area (Å²) in [5.41, 5.74) is 3.30. The molecule has 1 saturated heterocycles. The molecule has 2 aromatic rings. The molecule has 0 aromatic carbocycles. The molecule has 102 valence electrons. The minimum atomic E-state index is 0.256. The number of aliphatic hydroxyl groups excluding tert-OH is 1. The van der Waals surface area contributed by atoms with Crippen LogP contribution in [0.5, 0.6) is 0 Å². The van der Waals surface area contributed by atoms with Gasteiger partial charge in [0, 0.05) is 24.5 Å². The Morgan fingerprint density at radius 1 is 1.37 bits per heavy atom. The molecule has 0 amide bonds. The maximum atomic E-state index is 9.46. The van der Waals surface area contributed by atoms with Gasteiger partial charge < -0.3 is 9.51 Å².